The van der Waals surface area contributed by atoms with Gasteiger partial charge in [-0.15, -0.1) is 0 Å². The van der Waals surface area contributed by atoms with Crippen LogP contribution in [0, 0.1) is 11.7 Å². The van der Waals surface area contributed by atoms with E-state index in [0.29, 0.717) is 11.8 Å². The summed E-state index contributed by atoms with van der Waals surface area (Å²) in [6, 6.07) is 24.3. The van der Waals surface area contributed by atoms with Gasteiger partial charge in [0, 0.05) is 5.92 Å². The zero-order chi connectivity index (χ0) is 16.5. The highest BCUT2D eigenvalue weighted by Crippen LogP contribution is 2.40. The number of rotatable bonds is 2. The summed E-state index contributed by atoms with van der Waals surface area (Å²) < 4.78 is 13.2. The summed E-state index contributed by atoms with van der Waals surface area (Å²) in [5.74, 6) is 0.953. The van der Waals surface area contributed by atoms with Crippen LogP contribution in [-0.2, 0) is 6.42 Å². The van der Waals surface area contributed by atoms with Gasteiger partial charge in [-0.2, -0.15) is 0 Å². The van der Waals surface area contributed by atoms with Crippen LogP contribution >= 0.6 is 0 Å². The summed E-state index contributed by atoms with van der Waals surface area (Å²) in [6.45, 7) is 2.34. The van der Waals surface area contributed by atoms with E-state index in [2.05, 4.69) is 55.5 Å². The highest BCUT2D eigenvalue weighted by Gasteiger charge is 2.25. The van der Waals surface area contributed by atoms with Gasteiger partial charge in [-0.1, -0.05) is 67.6 Å². The standard InChI is InChI=1S/C23H21F/c1-16-13-19-5-2-3-8-22(19)23(14-16)20-7-4-6-18(15-20)17-9-11-21(24)12-10-17/h2-12,15-16,23H,13-14H2,1H3/t16-,23+/m1/s1. The first-order chi connectivity index (χ1) is 11.7. The Labute approximate surface area is 143 Å². The van der Waals surface area contributed by atoms with Gasteiger partial charge in [-0.3, -0.25) is 0 Å². The summed E-state index contributed by atoms with van der Waals surface area (Å²) in [4.78, 5) is 0. The average Bonchev–Trinajstić information content (AvgIpc) is 2.62. The third kappa shape index (κ3) is 2.87. The molecule has 3 aromatic carbocycles. The van der Waals surface area contributed by atoms with E-state index in [-0.39, 0.29) is 5.82 Å². The SMILES string of the molecule is C[C@@H]1Cc2ccccc2[C@H](c2cccc(-c3ccc(F)cc3)c2)C1. The minimum absolute atomic E-state index is 0.190. The maximum Gasteiger partial charge on any atom is 0.123 e. The number of hydrogen-bond acceptors (Lipinski definition) is 0. The van der Waals surface area contributed by atoms with Crippen molar-refractivity contribution in [2.75, 3.05) is 0 Å². The molecule has 0 amide bonds. The second kappa shape index (κ2) is 6.24. The molecule has 24 heavy (non-hydrogen) atoms. The number of benzene rings is 3. The zero-order valence-electron chi connectivity index (χ0n) is 13.9. The molecule has 0 unspecified atom stereocenters. The maximum absolute atomic E-state index is 13.2. The van der Waals surface area contributed by atoms with Crippen molar-refractivity contribution < 1.29 is 4.39 Å². The fraction of sp³-hybridized carbons (Fsp3) is 0.217. The summed E-state index contributed by atoms with van der Waals surface area (Å²) in [5, 5.41) is 0. The van der Waals surface area contributed by atoms with E-state index in [1.807, 2.05) is 12.1 Å². The van der Waals surface area contributed by atoms with Crippen molar-refractivity contribution >= 4 is 0 Å². The van der Waals surface area contributed by atoms with Crippen molar-refractivity contribution in [2.45, 2.75) is 25.7 Å². The molecule has 1 heteroatoms. The van der Waals surface area contributed by atoms with Crippen LogP contribution in [0.4, 0.5) is 4.39 Å². The van der Waals surface area contributed by atoms with Gasteiger partial charge in [-0.25, -0.2) is 4.39 Å². The van der Waals surface area contributed by atoms with Crippen LogP contribution in [0.2, 0.25) is 0 Å². The first-order valence-electron chi connectivity index (χ1n) is 8.64. The molecule has 0 saturated carbocycles. The summed E-state index contributed by atoms with van der Waals surface area (Å²) in [5.41, 5.74) is 6.52. The molecule has 0 aromatic heterocycles. The van der Waals surface area contributed by atoms with E-state index in [1.54, 1.807) is 0 Å². The van der Waals surface area contributed by atoms with E-state index in [4.69, 9.17) is 0 Å². The topological polar surface area (TPSA) is 0 Å². The van der Waals surface area contributed by atoms with Crippen LogP contribution in [0.5, 0.6) is 0 Å². The lowest BCUT2D eigenvalue weighted by atomic mass is 9.74. The molecule has 0 nitrogen and oxygen atoms in total. The highest BCUT2D eigenvalue weighted by atomic mass is 19.1. The quantitative estimate of drug-likeness (QED) is 0.527. The lowest BCUT2D eigenvalue weighted by molar-refractivity contribution is 0.464. The molecule has 3 aromatic rings. The molecule has 0 aliphatic heterocycles. The second-order valence-corrected chi connectivity index (χ2v) is 6.93. The Morgan fingerprint density at radius 2 is 1.62 bits per heavy atom. The lowest BCUT2D eigenvalue weighted by Crippen LogP contribution is -2.17. The van der Waals surface area contributed by atoms with E-state index >= 15 is 0 Å². The largest absolute Gasteiger partial charge is 0.207 e. The normalized spacial score (nSPS) is 19.8. The van der Waals surface area contributed by atoms with Gasteiger partial charge in [0.1, 0.15) is 5.82 Å². The molecule has 0 N–H and O–H groups in total. The van der Waals surface area contributed by atoms with Crippen LogP contribution in [0.15, 0.2) is 72.8 Å². The smallest absolute Gasteiger partial charge is 0.123 e. The van der Waals surface area contributed by atoms with Crippen LogP contribution in [0.3, 0.4) is 0 Å². The molecule has 4 rings (SSSR count). The second-order valence-electron chi connectivity index (χ2n) is 6.93. The van der Waals surface area contributed by atoms with Gasteiger partial charge in [0.2, 0.25) is 0 Å². The summed E-state index contributed by atoms with van der Waals surface area (Å²) in [7, 11) is 0. The first kappa shape index (κ1) is 15.1. The monoisotopic (exact) mass is 316 g/mol. The van der Waals surface area contributed by atoms with E-state index < -0.39 is 0 Å². The molecule has 0 radical (unpaired) electrons. The summed E-state index contributed by atoms with van der Waals surface area (Å²) in [6.07, 6.45) is 2.36. The molecule has 0 fully saturated rings. The van der Waals surface area contributed by atoms with E-state index in [1.165, 1.54) is 41.7 Å². The Morgan fingerprint density at radius 3 is 2.46 bits per heavy atom. The third-order valence-corrected chi connectivity index (χ3v) is 5.10. The Balaban J connectivity index is 1.75. The minimum Gasteiger partial charge on any atom is -0.207 e. The molecule has 0 saturated heterocycles. The van der Waals surface area contributed by atoms with Gasteiger partial charge < -0.3 is 0 Å². The van der Waals surface area contributed by atoms with Crippen LogP contribution in [-0.4, -0.2) is 0 Å². The Kier molecular flexibility index (Phi) is 3.93. The van der Waals surface area contributed by atoms with Gasteiger partial charge in [0.05, 0.1) is 0 Å². The van der Waals surface area contributed by atoms with Crippen LogP contribution < -0.4 is 0 Å². The Bertz CT molecular complexity index is 848. The maximum atomic E-state index is 13.2. The zero-order valence-corrected chi connectivity index (χ0v) is 13.9. The van der Waals surface area contributed by atoms with Crippen molar-refractivity contribution in [3.63, 3.8) is 0 Å². The summed E-state index contributed by atoms with van der Waals surface area (Å²) >= 11 is 0. The van der Waals surface area contributed by atoms with Gasteiger partial charge in [0.25, 0.3) is 0 Å². The third-order valence-electron chi connectivity index (χ3n) is 5.10. The Hall–Kier alpha value is -2.41. The van der Waals surface area contributed by atoms with Gasteiger partial charge in [0.15, 0.2) is 0 Å². The Morgan fingerprint density at radius 1 is 0.833 bits per heavy atom. The lowest BCUT2D eigenvalue weighted by Gasteiger charge is -2.30. The predicted octanol–water partition coefficient (Wildman–Crippen LogP) is 6.21. The van der Waals surface area contributed by atoms with Crippen molar-refractivity contribution in [1.29, 1.82) is 0 Å². The highest BCUT2D eigenvalue weighted by molar-refractivity contribution is 5.64. The first-order valence-corrected chi connectivity index (χ1v) is 8.64. The van der Waals surface area contributed by atoms with Crippen molar-refractivity contribution in [1.82, 2.24) is 0 Å². The molecule has 0 bridgehead atoms. The van der Waals surface area contributed by atoms with Crippen LogP contribution in [0.25, 0.3) is 11.1 Å². The predicted molar refractivity (Wildman–Crippen MR) is 97.6 cm³/mol. The van der Waals surface area contributed by atoms with Crippen molar-refractivity contribution in [3.8, 4) is 11.1 Å². The molecule has 0 spiro atoms. The molecule has 1 aliphatic rings. The number of halogens is 1. The molecular weight excluding hydrogens is 295 g/mol. The molecular formula is C23H21F. The molecule has 2 atom stereocenters. The van der Waals surface area contributed by atoms with E-state index in [9.17, 15) is 4.39 Å². The van der Waals surface area contributed by atoms with Crippen molar-refractivity contribution in [3.05, 3.63) is 95.3 Å². The van der Waals surface area contributed by atoms with Gasteiger partial charge >= 0.3 is 0 Å². The molecule has 120 valence electrons. The van der Waals surface area contributed by atoms with Crippen molar-refractivity contribution in [2.24, 2.45) is 5.92 Å². The fourth-order valence-electron chi connectivity index (χ4n) is 3.94. The minimum atomic E-state index is -0.190. The average molecular weight is 316 g/mol. The fourth-order valence-corrected chi connectivity index (χ4v) is 3.94. The molecule has 0 heterocycles. The van der Waals surface area contributed by atoms with Gasteiger partial charge in [-0.05, 0) is 58.7 Å². The molecule has 1 aliphatic carbocycles. The van der Waals surface area contributed by atoms with Crippen LogP contribution in [0.1, 0.15) is 36.0 Å². The van der Waals surface area contributed by atoms with E-state index in [0.717, 1.165) is 11.1 Å². The number of fused-ring (bicyclic) bond motifs is 1. The number of hydrogen-bond donors (Lipinski definition) is 0.